The van der Waals surface area contributed by atoms with Crippen LogP contribution in [-0.2, 0) is 20.9 Å². The molecule has 33 heavy (non-hydrogen) atoms. The average molecular weight is 471 g/mol. The minimum Gasteiger partial charge on any atom is -0.497 e. The summed E-state index contributed by atoms with van der Waals surface area (Å²) < 4.78 is 5.11. The molecule has 2 aromatic rings. The third-order valence-corrected chi connectivity index (χ3v) is 5.46. The minimum absolute atomic E-state index is 0.0628. The second-order valence-electron chi connectivity index (χ2n) is 7.42. The number of benzene rings is 2. The Morgan fingerprint density at radius 3 is 2.42 bits per heavy atom. The van der Waals surface area contributed by atoms with E-state index in [1.54, 1.807) is 31.4 Å². The Morgan fingerprint density at radius 2 is 1.79 bits per heavy atom. The van der Waals surface area contributed by atoms with E-state index in [1.165, 1.54) is 9.91 Å². The zero-order valence-corrected chi connectivity index (χ0v) is 19.0. The number of hydrogen-bond donors (Lipinski definition) is 3. The van der Waals surface area contributed by atoms with Gasteiger partial charge in [-0.2, -0.15) is 0 Å². The highest BCUT2D eigenvalue weighted by atomic mass is 32.1. The number of hydrogen-bond acceptors (Lipinski definition) is 6. The van der Waals surface area contributed by atoms with E-state index in [0.29, 0.717) is 11.4 Å². The summed E-state index contributed by atoms with van der Waals surface area (Å²) >= 11 is 5.48. The van der Waals surface area contributed by atoms with E-state index >= 15 is 0 Å². The van der Waals surface area contributed by atoms with Gasteiger partial charge >= 0.3 is 0 Å². The Kier molecular flexibility index (Phi) is 8.34. The first-order valence-electron chi connectivity index (χ1n) is 10.5. The van der Waals surface area contributed by atoms with Crippen LogP contribution in [0, 0.1) is 0 Å². The molecule has 1 fully saturated rings. The summed E-state index contributed by atoms with van der Waals surface area (Å²) in [5.41, 5.74) is 4.04. The Hall–Kier alpha value is -3.50. The summed E-state index contributed by atoms with van der Waals surface area (Å²) in [6.07, 6.45) is 0.126. The molecule has 1 atom stereocenters. The van der Waals surface area contributed by atoms with E-state index in [1.807, 2.05) is 30.3 Å². The molecule has 3 N–H and O–H groups in total. The number of carbonyl (C=O) groups excluding carboxylic acids is 3. The van der Waals surface area contributed by atoms with Crippen LogP contribution < -0.4 is 15.5 Å². The van der Waals surface area contributed by atoms with Crippen LogP contribution in [0.3, 0.4) is 0 Å². The number of nitrogens with zero attached hydrogens (tertiary/aromatic N) is 2. The fourth-order valence-electron chi connectivity index (χ4n) is 3.36. The lowest BCUT2D eigenvalue weighted by Crippen LogP contribution is -2.49. The third-order valence-electron chi connectivity index (χ3n) is 5.04. The lowest BCUT2D eigenvalue weighted by Gasteiger charge is -2.24. The van der Waals surface area contributed by atoms with Crippen LogP contribution in [0.5, 0.6) is 5.75 Å². The van der Waals surface area contributed by atoms with Crippen molar-refractivity contribution in [3.05, 3.63) is 60.2 Å². The second kappa shape index (κ2) is 11.4. The number of amides is 3. The lowest BCUT2D eigenvalue weighted by atomic mass is 10.1. The topological polar surface area (TPSA) is 111 Å². The SMILES string of the molecule is COc1ccc(NC(=O)CC2C(=O)N(Cc3ccccc3)C(=S)N2NC(=O)CCCO)cc1. The van der Waals surface area contributed by atoms with Crippen LogP contribution >= 0.6 is 12.2 Å². The van der Waals surface area contributed by atoms with Crippen molar-refractivity contribution in [3.63, 3.8) is 0 Å². The number of anilines is 1. The number of aliphatic hydroxyl groups excluding tert-OH is 1. The molecule has 3 amide bonds. The summed E-state index contributed by atoms with van der Waals surface area (Å²) in [4.78, 5) is 39.6. The Balaban J connectivity index is 1.75. The zero-order valence-electron chi connectivity index (χ0n) is 18.2. The predicted molar refractivity (Wildman–Crippen MR) is 126 cm³/mol. The highest BCUT2D eigenvalue weighted by Gasteiger charge is 2.44. The number of rotatable bonds is 10. The van der Waals surface area contributed by atoms with Gasteiger partial charge in [-0.3, -0.25) is 24.7 Å². The van der Waals surface area contributed by atoms with Crippen molar-refractivity contribution in [3.8, 4) is 5.75 Å². The summed E-state index contributed by atoms with van der Waals surface area (Å²) in [5.74, 6) is -0.535. The molecule has 1 heterocycles. The molecule has 2 aromatic carbocycles. The van der Waals surface area contributed by atoms with Gasteiger partial charge < -0.3 is 15.2 Å². The Labute approximate surface area is 197 Å². The Morgan fingerprint density at radius 1 is 1.09 bits per heavy atom. The maximum Gasteiger partial charge on any atom is 0.254 e. The van der Waals surface area contributed by atoms with Crippen molar-refractivity contribution in [1.82, 2.24) is 15.3 Å². The number of thiocarbonyl (C=S) groups is 1. The molecule has 1 aliphatic heterocycles. The van der Waals surface area contributed by atoms with E-state index in [2.05, 4.69) is 10.7 Å². The molecular formula is C23H26N4O5S. The largest absolute Gasteiger partial charge is 0.497 e. The molecule has 1 aliphatic rings. The van der Waals surface area contributed by atoms with Gasteiger partial charge in [0.15, 0.2) is 5.11 Å². The first kappa shape index (κ1) is 24.1. The first-order chi connectivity index (χ1) is 15.9. The normalized spacial score (nSPS) is 15.5. The quantitative estimate of drug-likeness (QED) is 0.454. The van der Waals surface area contributed by atoms with Crippen molar-refractivity contribution >= 4 is 40.7 Å². The van der Waals surface area contributed by atoms with Crippen molar-refractivity contribution in [2.24, 2.45) is 0 Å². The van der Waals surface area contributed by atoms with Gasteiger partial charge in [-0.05, 0) is 48.5 Å². The first-order valence-corrected chi connectivity index (χ1v) is 10.9. The van der Waals surface area contributed by atoms with Crippen LogP contribution in [0.2, 0.25) is 0 Å². The highest BCUT2D eigenvalue weighted by Crippen LogP contribution is 2.23. The Bertz CT molecular complexity index is 1000. The van der Waals surface area contributed by atoms with Crippen molar-refractivity contribution in [2.75, 3.05) is 19.0 Å². The molecule has 0 aromatic heterocycles. The molecule has 0 spiro atoms. The fraction of sp³-hybridized carbons (Fsp3) is 0.304. The predicted octanol–water partition coefficient (Wildman–Crippen LogP) is 1.83. The van der Waals surface area contributed by atoms with Crippen molar-refractivity contribution in [2.45, 2.75) is 31.8 Å². The summed E-state index contributed by atoms with van der Waals surface area (Å²) in [5, 5.41) is 13.1. The molecule has 3 rings (SSSR count). The molecule has 0 aliphatic carbocycles. The van der Waals surface area contributed by atoms with Gasteiger partial charge in [0.1, 0.15) is 11.8 Å². The molecule has 0 saturated carbocycles. The van der Waals surface area contributed by atoms with Crippen LogP contribution in [-0.4, -0.2) is 57.6 Å². The molecule has 0 bridgehead atoms. The smallest absolute Gasteiger partial charge is 0.254 e. The van der Waals surface area contributed by atoms with Gasteiger partial charge in [0.25, 0.3) is 5.91 Å². The third kappa shape index (κ3) is 6.27. The van der Waals surface area contributed by atoms with E-state index in [0.717, 1.165) is 5.56 Å². The molecule has 10 heteroatoms. The summed E-state index contributed by atoms with van der Waals surface area (Å²) in [6.45, 7) is 0.0861. The van der Waals surface area contributed by atoms with Crippen molar-refractivity contribution < 1.29 is 24.2 Å². The van der Waals surface area contributed by atoms with Gasteiger partial charge in [0.05, 0.1) is 20.1 Å². The average Bonchev–Trinajstić information content (AvgIpc) is 3.03. The van der Waals surface area contributed by atoms with E-state index in [-0.39, 0.29) is 43.4 Å². The van der Waals surface area contributed by atoms with Crippen LogP contribution in [0.15, 0.2) is 54.6 Å². The van der Waals surface area contributed by atoms with E-state index in [9.17, 15) is 14.4 Å². The molecule has 1 unspecified atom stereocenters. The number of carbonyl (C=O) groups is 3. The number of methoxy groups -OCH3 is 1. The van der Waals surface area contributed by atoms with Gasteiger partial charge in [0, 0.05) is 18.7 Å². The zero-order chi connectivity index (χ0) is 23.8. The summed E-state index contributed by atoms with van der Waals surface area (Å²) in [6, 6.07) is 15.1. The molecule has 0 radical (unpaired) electrons. The maximum absolute atomic E-state index is 13.2. The van der Waals surface area contributed by atoms with Crippen LogP contribution in [0.1, 0.15) is 24.8 Å². The van der Waals surface area contributed by atoms with Gasteiger partial charge in [-0.1, -0.05) is 30.3 Å². The number of hydrazine groups is 1. The standard InChI is InChI=1S/C23H26N4O5S/c1-32-18-11-9-17(10-12-18)24-21(30)14-19-22(31)26(15-16-6-3-2-4-7-16)23(33)27(19)25-20(29)8-5-13-28/h2-4,6-7,9-12,19,28H,5,8,13-15H2,1H3,(H,24,30)(H,25,29). The van der Waals surface area contributed by atoms with E-state index in [4.69, 9.17) is 22.1 Å². The lowest BCUT2D eigenvalue weighted by molar-refractivity contribution is -0.133. The molecular weight excluding hydrogens is 444 g/mol. The highest BCUT2D eigenvalue weighted by molar-refractivity contribution is 7.80. The maximum atomic E-state index is 13.2. The van der Waals surface area contributed by atoms with Crippen LogP contribution in [0.4, 0.5) is 5.69 Å². The van der Waals surface area contributed by atoms with Gasteiger partial charge in [-0.15, -0.1) is 0 Å². The molecule has 9 nitrogen and oxygen atoms in total. The van der Waals surface area contributed by atoms with Crippen molar-refractivity contribution in [1.29, 1.82) is 0 Å². The summed E-state index contributed by atoms with van der Waals surface area (Å²) in [7, 11) is 1.55. The van der Waals surface area contributed by atoms with E-state index < -0.39 is 17.9 Å². The monoisotopic (exact) mass is 470 g/mol. The molecule has 1 saturated heterocycles. The number of aliphatic hydroxyl groups is 1. The minimum atomic E-state index is -0.988. The van der Waals surface area contributed by atoms with Gasteiger partial charge in [0.2, 0.25) is 11.8 Å². The van der Waals surface area contributed by atoms with Crippen LogP contribution in [0.25, 0.3) is 0 Å². The molecule has 174 valence electrons. The number of ether oxygens (including phenoxy) is 1. The fourth-order valence-corrected chi connectivity index (χ4v) is 3.68. The number of nitrogens with one attached hydrogen (secondary N) is 2. The van der Waals surface area contributed by atoms with Gasteiger partial charge in [-0.25, -0.2) is 5.01 Å². The second-order valence-corrected chi connectivity index (χ2v) is 7.79.